The lowest BCUT2D eigenvalue weighted by Crippen LogP contribution is -2.40. The number of hydrogen-bond acceptors (Lipinski definition) is 6. The Morgan fingerprint density at radius 1 is 1.23 bits per heavy atom. The summed E-state index contributed by atoms with van der Waals surface area (Å²) >= 11 is 1.47. The molecule has 3 heterocycles. The van der Waals surface area contributed by atoms with Gasteiger partial charge in [-0.3, -0.25) is 4.79 Å². The van der Waals surface area contributed by atoms with Gasteiger partial charge in [0.25, 0.3) is 5.91 Å². The molecule has 0 aromatic carbocycles. The number of nitrogens with one attached hydrogen (secondary N) is 2. The summed E-state index contributed by atoms with van der Waals surface area (Å²) in [6.07, 6.45) is 7.07. The van der Waals surface area contributed by atoms with Crippen molar-refractivity contribution < 1.29 is 4.79 Å². The first-order valence-electron chi connectivity index (χ1n) is 7.48. The third-order valence-electron chi connectivity index (χ3n) is 4.45. The standard InChI is InChI=1S/C15H17N5OS/c16-10-7-11(18-8-17-10)19-12-6-9-13(22-12)14(21)20-15(9)4-2-1-3-5-15/h6-8H,1-5H2,(H,20,21)(H3,16,17,18,19). The smallest absolute Gasteiger partial charge is 0.262 e. The van der Waals surface area contributed by atoms with Crippen LogP contribution in [0.25, 0.3) is 0 Å². The number of rotatable bonds is 2. The Morgan fingerprint density at radius 3 is 2.82 bits per heavy atom. The number of carbonyl (C=O) groups excluding carboxylic acids is 1. The van der Waals surface area contributed by atoms with E-state index in [-0.39, 0.29) is 11.4 Å². The van der Waals surface area contributed by atoms with Crippen LogP contribution in [0.4, 0.5) is 16.6 Å². The normalized spacial score (nSPS) is 19.0. The van der Waals surface area contributed by atoms with E-state index in [0.717, 1.165) is 28.3 Å². The summed E-state index contributed by atoms with van der Waals surface area (Å²) in [5, 5.41) is 7.36. The number of nitrogens with zero attached hydrogens (tertiary/aromatic N) is 2. The third kappa shape index (κ3) is 2.12. The molecule has 22 heavy (non-hydrogen) atoms. The van der Waals surface area contributed by atoms with E-state index >= 15 is 0 Å². The maximum atomic E-state index is 12.3. The number of aromatic nitrogens is 2. The van der Waals surface area contributed by atoms with Crippen LogP contribution in [0.1, 0.15) is 47.3 Å². The molecule has 4 rings (SSSR count). The predicted octanol–water partition coefficient (Wildman–Crippen LogP) is 2.77. The molecule has 0 radical (unpaired) electrons. The van der Waals surface area contributed by atoms with Crippen LogP contribution in [-0.2, 0) is 5.54 Å². The Labute approximate surface area is 132 Å². The maximum Gasteiger partial charge on any atom is 0.262 e. The fraction of sp³-hybridized carbons (Fsp3) is 0.400. The lowest BCUT2D eigenvalue weighted by Gasteiger charge is -2.33. The monoisotopic (exact) mass is 315 g/mol. The van der Waals surface area contributed by atoms with Crippen LogP contribution in [0.5, 0.6) is 0 Å². The van der Waals surface area contributed by atoms with Crippen molar-refractivity contribution in [2.45, 2.75) is 37.6 Å². The van der Waals surface area contributed by atoms with Crippen molar-refractivity contribution in [3.63, 3.8) is 0 Å². The minimum Gasteiger partial charge on any atom is -0.384 e. The first-order valence-corrected chi connectivity index (χ1v) is 8.29. The van der Waals surface area contributed by atoms with Crippen molar-refractivity contribution in [1.29, 1.82) is 0 Å². The molecule has 1 aliphatic carbocycles. The Bertz CT molecular complexity index is 735. The number of carbonyl (C=O) groups is 1. The second kappa shape index (κ2) is 4.95. The Balaban J connectivity index is 1.66. The van der Waals surface area contributed by atoms with Gasteiger partial charge in [-0.25, -0.2) is 9.97 Å². The lowest BCUT2D eigenvalue weighted by molar-refractivity contribution is 0.0912. The van der Waals surface area contributed by atoms with Crippen LogP contribution in [0.3, 0.4) is 0 Å². The highest BCUT2D eigenvalue weighted by atomic mass is 32.1. The van der Waals surface area contributed by atoms with Crippen molar-refractivity contribution in [1.82, 2.24) is 15.3 Å². The van der Waals surface area contributed by atoms with Crippen LogP contribution >= 0.6 is 11.3 Å². The van der Waals surface area contributed by atoms with Gasteiger partial charge in [0.15, 0.2) is 0 Å². The van der Waals surface area contributed by atoms with Crippen LogP contribution in [-0.4, -0.2) is 15.9 Å². The zero-order valence-corrected chi connectivity index (χ0v) is 12.9. The molecule has 7 heteroatoms. The highest BCUT2D eigenvalue weighted by Crippen LogP contribution is 2.47. The van der Waals surface area contributed by atoms with Crippen LogP contribution in [0, 0.1) is 0 Å². The molecule has 0 bridgehead atoms. The quantitative estimate of drug-likeness (QED) is 0.792. The molecule has 2 aliphatic rings. The maximum absolute atomic E-state index is 12.3. The molecule has 1 saturated carbocycles. The molecule has 1 fully saturated rings. The van der Waals surface area contributed by atoms with Gasteiger partial charge in [-0.2, -0.15) is 0 Å². The van der Waals surface area contributed by atoms with E-state index in [1.54, 1.807) is 6.07 Å². The van der Waals surface area contributed by atoms with E-state index in [2.05, 4.69) is 26.7 Å². The van der Waals surface area contributed by atoms with Gasteiger partial charge in [-0.1, -0.05) is 19.3 Å². The predicted molar refractivity (Wildman–Crippen MR) is 86.3 cm³/mol. The zero-order chi connectivity index (χ0) is 15.2. The fourth-order valence-electron chi connectivity index (χ4n) is 3.43. The summed E-state index contributed by atoms with van der Waals surface area (Å²) in [5.74, 6) is 1.12. The van der Waals surface area contributed by atoms with Gasteiger partial charge in [-0.05, 0) is 18.9 Å². The number of fused-ring (bicyclic) bond motifs is 2. The molecule has 1 aliphatic heterocycles. The third-order valence-corrected chi connectivity index (χ3v) is 5.50. The van der Waals surface area contributed by atoms with Crippen molar-refractivity contribution in [3.05, 3.63) is 28.9 Å². The molecule has 114 valence electrons. The lowest BCUT2D eigenvalue weighted by atomic mass is 9.78. The van der Waals surface area contributed by atoms with Gasteiger partial charge in [0.1, 0.15) is 18.0 Å². The number of nitrogens with two attached hydrogens (primary N) is 1. The van der Waals surface area contributed by atoms with Crippen molar-refractivity contribution in [3.8, 4) is 0 Å². The molecule has 0 atom stereocenters. The Morgan fingerprint density at radius 2 is 2.05 bits per heavy atom. The highest BCUT2D eigenvalue weighted by Gasteiger charge is 2.44. The zero-order valence-electron chi connectivity index (χ0n) is 12.1. The largest absolute Gasteiger partial charge is 0.384 e. The Kier molecular flexibility index (Phi) is 3.04. The summed E-state index contributed by atoms with van der Waals surface area (Å²) in [6.45, 7) is 0. The summed E-state index contributed by atoms with van der Waals surface area (Å²) in [7, 11) is 0. The number of hydrogen-bond donors (Lipinski definition) is 3. The molecule has 1 amide bonds. The van der Waals surface area contributed by atoms with E-state index in [1.807, 2.05) is 0 Å². The number of anilines is 3. The van der Waals surface area contributed by atoms with Crippen LogP contribution in [0.15, 0.2) is 18.5 Å². The van der Waals surface area contributed by atoms with E-state index < -0.39 is 0 Å². The summed E-state index contributed by atoms with van der Waals surface area (Å²) in [5.41, 5.74) is 6.66. The molecular weight excluding hydrogens is 298 g/mol. The van der Waals surface area contributed by atoms with Gasteiger partial charge in [0, 0.05) is 11.6 Å². The van der Waals surface area contributed by atoms with E-state index in [0.29, 0.717) is 11.6 Å². The second-order valence-corrected chi connectivity index (χ2v) is 6.96. The number of thiophene rings is 1. The molecule has 4 N–H and O–H groups in total. The SMILES string of the molecule is Nc1cc(Nc2cc3c(s2)C(=O)NC32CCCCC2)ncn1. The summed E-state index contributed by atoms with van der Waals surface area (Å²) in [6, 6.07) is 3.77. The first kappa shape index (κ1) is 13.5. The molecule has 1 spiro atoms. The van der Waals surface area contributed by atoms with Crippen LogP contribution in [0.2, 0.25) is 0 Å². The van der Waals surface area contributed by atoms with E-state index in [1.165, 1.54) is 36.9 Å². The fourth-order valence-corrected chi connectivity index (χ4v) is 4.50. The van der Waals surface area contributed by atoms with Crippen LogP contribution < -0.4 is 16.4 Å². The first-order chi connectivity index (χ1) is 10.7. The Hall–Kier alpha value is -2.15. The van der Waals surface area contributed by atoms with Gasteiger partial charge in [0.05, 0.1) is 15.4 Å². The van der Waals surface area contributed by atoms with Gasteiger partial charge in [0.2, 0.25) is 0 Å². The highest BCUT2D eigenvalue weighted by molar-refractivity contribution is 7.18. The minimum absolute atomic E-state index is 0.0529. The second-order valence-electron chi connectivity index (χ2n) is 5.90. The number of nitrogen functional groups attached to an aromatic ring is 1. The van der Waals surface area contributed by atoms with Gasteiger partial charge in [-0.15, -0.1) is 11.3 Å². The summed E-state index contributed by atoms with van der Waals surface area (Å²) < 4.78 is 0. The van der Waals surface area contributed by atoms with Gasteiger partial charge < -0.3 is 16.4 Å². The topological polar surface area (TPSA) is 92.9 Å². The van der Waals surface area contributed by atoms with Crippen molar-refractivity contribution in [2.75, 3.05) is 11.1 Å². The molecule has 0 unspecified atom stereocenters. The number of amides is 1. The average molecular weight is 315 g/mol. The minimum atomic E-state index is -0.147. The molecular formula is C15H17N5OS. The molecule has 2 aromatic heterocycles. The van der Waals surface area contributed by atoms with Gasteiger partial charge >= 0.3 is 0 Å². The van der Waals surface area contributed by atoms with E-state index in [4.69, 9.17) is 5.73 Å². The van der Waals surface area contributed by atoms with E-state index in [9.17, 15) is 4.79 Å². The average Bonchev–Trinajstić information content (AvgIpc) is 3.01. The molecule has 6 nitrogen and oxygen atoms in total. The van der Waals surface area contributed by atoms with Crippen molar-refractivity contribution >= 4 is 33.9 Å². The molecule has 0 saturated heterocycles. The van der Waals surface area contributed by atoms with Crippen molar-refractivity contribution in [2.24, 2.45) is 0 Å². The summed E-state index contributed by atoms with van der Waals surface area (Å²) in [4.78, 5) is 21.1. The molecule has 2 aromatic rings.